The summed E-state index contributed by atoms with van der Waals surface area (Å²) in [5, 5.41) is 4.36. The Morgan fingerprint density at radius 1 is 1.59 bits per heavy atom. The van der Waals surface area contributed by atoms with Crippen molar-refractivity contribution in [1.29, 1.82) is 0 Å². The van der Waals surface area contributed by atoms with Crippen molar-refractivity contribution in [2.45, 2.75) is 27.3 Å². The molecule has 1 fully saturated rings. The molecular weight excluding hydrogens is 300 g/mol. The smallest absolute Gasteiger partial charge is 0.310 e. The van der Waals surface area contributed by atoms with Crippen LogP contribution in [0, 0.1) is 18.8 Å². The van der Waals surface area contributed by atoms with Gasteiger partial charge in [-0.25, -0.2) is 9.98 Å². The number of aryl methyl sites for hydroxylation is 1. The summed E-state index contributed by atoms with van der Waals surface area (Å²) in [5.74, 6) is 0.900. The quantitative estimate of drug-likeness (QED) is 0.518. The van der Waals surface area contributed by atoms with Crippen LogP contribution in [0.4, 0.5) is 0 Å². The molecule has 0 radical (unpaired) electrons. The maximum atomic E-state index is 11.8. The molecule has 122 valence electrons. The normalized spacial score (nSPS) is 22.0. The van der Waals surface area contributed by atoms with Crippen molar-refractivity contribution < 1.29 is 9.53 Å². The van der Waals surface area contributed by atoms with Crippen molar-refractivity contribution in [2.24, 2.45) is 16.8 Å². The first-order valence-corrected chi connectivity index (χ1v) is 8.39. The Balaban J connectivity index is 2.06. The maximum Gasteiger partial charge on any atom is 0.310 e. The number of aromatic nitrogens is 1. The van der Waals surface area contributed by atoms with Gasteiger partial charge in [-0.15, -0.1) is 11.3 Å². The molecule has 0 aliphatic carbocycles. The minimum atomic E-state index is -0.135. The van der Waals surface area contributed by atoms with Crippen LogP contribution in [-0.2, 0) is 16.1 Å². The lowest BCUT2D eigenvalue weighted by Gasteiger charge is -2.21. The second-order valence-corrected chi connectivity index (χ2v) is 6.85. The van der Waals surface area contributed by atoms with Crippen molar-refractivity contribution in [2.75, 3.05) is 26.7 Å². The van der Waals surface area contributed by atoms with Crippen LogP contribution in [0.15, 0.2) is 11.2 Å². The molecule has 0 aromatic carbocycles. The lowest BCUT2D eigenvalue weighted by molar-refractivity contribution is -0.145. The maximum absolute atomic E-state index is 11.8. The van der Waals surface area contributed by atoms with Gasteiger partial charge in [0.1, 0.15) is 0 Å². The van der Waals surface area contributed by atoms with Gasteiger partial charge in [0.15, 0.2) is 5.96 Å². The largest absolute Gasteiger partial charge is 0.469 e. The number of ether oxygens (including phenoxy) is 1. The van der Waals surface area contributed by atoms with E-state index in [2.05, 4.69) is 27.1 Å². The fourth-order valence-electron chi connectivity index (χ4n) is 2.65. The first-order valence-electron chi connectivity index (χ1n) is 7.57. The molecule has 1 saturated heterocycles. The number of rotatable bonds is 4. The van der Waals surface area contributed by atoms with Gasteiger partial charge in [0.2, 0.25) is 0 Å². The fourth-order valence-corrected chi connectivity index (χ4v) is 3.37. The molecule has 1 aliphatic heterocycles. The van der Waals surface area contributed by atoms with Gasteiger partial charge in [0.05, 0.1) is 24.6 Å². The van der Waals surface area contributed by atoms with Crippen molar-refractivity contribution in [3.63, 3.8) is 0 Å². The first kappa shape index (κ1) is 16.7. The van der Waals surface area contributed by atoms with E-state index in [4.69, 9.17) is 4.74 Å². The van der Waals surface area contributed by atoms with Crippen LogP contribution < -0.4 is 5.32 Å². The summed E-state index contributed by atoms with van der Waals surface area (Å²) >= 11 is 1.66. The van der Waals surface area contributed by atoms with Gasteiger partial charge in [-0.1, -0.05) is 6.92 Å². The molecule has 2 unspecified atom stereocenters. The van der Waals surface area contributed by atoms with Gasteiger partial charge in [-0.3, -0.25) is 4.79 Å². The van der Waals surface area contributed by atoms with E-state index in [1.807, 2.05) is 20.0 Å². The number of aliphatic imine (C=N–C) groups is 1. The molecule has 0 amide bonds. The Hall–Kier alpha value is -1.63. The minimum Gasteiger partial charge on any atom is -0.469 e. The van der Waals surface area contributed by atoms with Gasteiger partial charge < -0.3 is 15.0 Å². The summed E-state index contributed by atoms with van der Waals surface area (Å²) < 4.78 is 4.89. The summed E-state index contributed by atoms with van der Waals surface area (Å²) in [6.45, 7) is 9.00. The van der Waals surface area contributed by atoms with Crippen LogP contribution >= 0.6 is 11.3 Å². The number of guanidine groups is 1. The molecule has 7 heteroatoms. The zero-order valence-electron chi connectivity index (χ0n) is 13.6. The van der Waals surface area contributed by atoms with E-state index >= 15 is 0 Å². The van der Waals surface area contributed by atoms with Crippen LogP contribution in [0.5, 0.6) is 0 Å². The Kier molecular flexibility index (Phi) is 5.76. The molecule has 2 rings (SSSR count). The van der Waals surface area contributed by atoms with E-state index in [-0.39, 0.29) is 17.8 Å². The van der Waals surface area contributed by atoms with Crippen molar-refractivity contribution in [3.05, 3.63) is 16.1 Å². The third-order valence-corrected chi connectivity index (χ3v) is 4.70. The van der Waals surface area contributed by atoms with E-state index in [1.54, 1.807) is 11.3 Å². The van der Waals surface area contributed by atoms with Crippen LogP contribution in [-0.4, -0.2) is 48.6 Å². The SMILES string of the molecule is CCNC(=NCc1cnc(C)s1)N1CC(C)C(C(=O)OC)C1. The summed E-state index contributed by atoms with van der Waals surface area (Å²) in [4.78, 5) is 24.0. The monoisotopic (exact) mass is 324 g/mol. The number of thiazole rings is 1. The number of methoxy groups -OCH3 is 1. The summed E-state index contributed by atoms with van der Waals surface area (Å²) in [7, 11) is 1.45. The summed E-state index contributed by atoms with van der Waals surface area (Å²) in [5.41, 5.74) is 0. The van der Waals surface area contributed by atoms with E-state index in [9.17, 15) is 4.79 Å². The molecule has 6 nitrogen and oxygen atoms in total. The Labute approximate surface area is 135 Å². The average molecular weight is 324 g/mol. The molecule has 22 heavy (non-hydrogen) atoms. The lowest BCUT2D eigenvalue weighted by atomic mass is 9.99. The lowest BCUT2D eigenvalue weighted by Crippen LogP contribution is -2.40. The Bertz CT molecular complexity index is 543. The topological polar surface area (TPSA) is 66.8 Å². The number of nitrogens with one attached hydrogen (secondary N) is 1. The van der Waals surface area contributed by atoms with E-state index in [0.29, 0.717) is 13.1 Å². The molecule has 0 bridgehead atoms. The zero-order chi connectivity index (χ0) is 16.1. The predicted molar refractivity (Wildman–Crippen MR) is 87.9 cm³/mol. The number of esters is 1. The van der Waals surface area contributed by atoms with Crippen LogP contribution in [0.3, 0.4) is 0 Å². The highest BCUT2D eigenvalue weighted by Crippen LogP contribution is 2.24. The number of hydrogen-bond acceptors (Lipinski definition) is 5. The molecule has 1 N–H and O–H groups in total. The molecule has 2 heterocycles. The second-order valence-electron chi connectivity index (χ2n) is 5.53. The molecular formula is C15H24N4O2S. The number of likely N-dealkylation sites (tertiary alicyclic amines) is 1. The van der Waals surface area contributed by atoms with Crippen molar-refractivity contribution >= 4 is 23.3 Å². The van der Waals surface area contributed by atoms with Gasteiger partial charge in [0, 0.05) is 30.7 Å². The van der Waals surface area contributed by atoms with E-state index < -0.39 is 0 Å². The van der Waals surface area contributed by atoms with Gasteiger partial charge in [-0.2, -0.15) is 0 Å². The third kappa shape index (κ3) is 3.97. The summed E-state index contributed by atoms with van der Waals surface area (Å²) in [6, 6.07) is 0. The van der Waals surface area contributed by atoms with Crippen LogP contribution in [0.25, 0.3) is 0 Å². The van der Waals surface area contributed by atoms with Crippen molar-refractivity contribution in [3.8, 4) is 0 Å². The molecule has 2 atom stereocenters. The number of hydrogen-bond donors (Lipinski definition) is 1. The highest BCUT2D eigenvalue weighted by Gasteiger charge is 2.36. The third-order valence-electron chi connectivity index (χ3n) is 3.80. The molecule has 1 aromatic heterocycles. The number of nitrogens with zero attached hydrogens (tertiary/aromatic N) is 3. The van der Waals surface area contributed by atoms with Gasteiger partial charge in [0.25, 0.3) is 0 Å². The molecule has 0 saturated carbocycles. The second kappa shape index (κ2) is 7.58. The fraction of sp³-hybridized carbons (Fsp3) is 0.667. The van der Waals surface area contributed by atoms with E-state index in [1.165, 1.54) is 7.11 Å². The highest BCUT2D eigenvalue weighted by molar-refractivity contribution is 7.11. The standard InChI is InChI=1S/C15H24N4O2S/c1-5-16-15(18-7-12-6-17-11(3)22-12)19-8-10(2)13(9-19)14(20)21-4/h6,10,13H,5,7-9H2,1-4H3,(H,16,18). The van der Waals surface area contributed by atoms with Crippen LogP contribution in [0.1, 0.15) is 23.7 Å². The first-order chi connectivity index (χ1) is 10.5. The molecule has 0 spiro atoms. The molecule has 1 aromatic rings. The Morgan fingerprint density at radius 2 is 2.36 bits per heavy atom. The Morgan fingerprint density at radius 3 is 2.95 bits per heavy atom. The van der Waals surface area contributed by atoms with E-state index in [0.717, 1.165) is 28.9 Å². The summed E-state index contributed by atoms with van der Waals surface area (Å²) in [6.07, 6.45) is 1.87. The average Bonchev–Trinajstić information content (AvgIpc) is 3.08. The van der Waals surface area contributed by atoms with Crippen molar-refractivity contribution in [1.82, 2.24) is 15.2 Å². The van der Waals surface area contributed by atoms with Gasteiger partial charge in [-0.05, 0) is 19.8 Å². The molecule has 1 aliphatic rings. The zero-order valence-corrected chi connectivity index (χ0v) is 14.4. The highest BCUT2D eigenvalue weighted by atomic mass is 32.1. The number of carbonyl (C=O) groups excluding carboxylic acids is 1. The minimum absolute atomic E-state index is 0.0838. The van der Waals surface area contributed by atoms with Gasteiger partial charge >= 0.3 is 5.97 Å². The number of carbonyl (C=O) groups is 1. The predicted octanol–water partition coefficient (Wildman–Crippen LogP) is 1.66. The van der Waals surface area contributed by atoms with Crippen LogP contribution in [0.2, 0.25) is 0 Å².